The van der Waals surface area contributed by atoms with E-state index < -0.39 is 6.23 Å². The number of aryl methyl sites for hydroxylation is 1. The fourth-order valence-electron chi connectivity index (χ4n) is 3.78. The van der Waals surface area contributed by atoms with Crippen LogP contribution < -0.4 is 10.6 Å². The third-order valence-electron chi connectivity index (χ3n) is 5.21. The topological polar surface area (TPSA) is 81.6 Å². The molecule has 29 heavy (non-hydrogen) atoms. The van der Waals surface area contributed by atoms with Gasteiger partial charge in [0.2, 0.25) is 0 Å². The Labute approximate surface area is 169 Å². The van der Waals surface area contributed by atoms with Gasteiger partial charge in [0, 0.05) is 41.5 Å². The summed E-state index contributed by atoms with van der Waals surface area (Å²) in [4.78, 5) is 13.0. The maximum atomic E-state index is 11.2. The zero-order valence-electron chi connectivity index (χ0n) is 16.2. The highest BCUT2D eigenvalue weighted by molar-refractivity contribution is 5.57. The number of anilines is 1. The Morgan fingerprint density at radius 1 is 1.14 bits per heavy atom. The van der Waals surface area contributed by atoms with E-state index in [0.29, 0.717) is 13.2 Å². The van der Waals surface area contributed by atoms with Crippen LogP contribution in [0.15, 0.2) is 72.8 Å². The van der Waals surface area contributed by atoms with Crippen molar-refractivity contribution in [3.05, 3.63) is 105 Å². The molecule has 0 bridgehead atoms. The quantitative estimate of drug-likeness (QED) is 0.508. The first-order valence-electron chi connectivity index (χ1n) is 9.55. The number of nitro benzene ring substituents is 1. The van der Waals surface area contributed by atoms with Crippen LogP contribution in [0.2, 0.25) is 0 Å². The molecule has 6 heteroatoms. The summed E-state index contributed by atoms with van der Waals surface area (Å²) in [6, 6.07) is 22.6. The largest absolute Gasteiger partial charge is 0.349 e. The Morgan fingerprint density at radius 3 is 2.72 bits per heavy atom. The van der Waals surface area contributed by atoms with Crippen molar-refractivity contribution in [3.8, 4) is 0 Å². The molecule has 6 nitrogen and oxygen atoms in total. The molecule has 1 aliphatic rings. The summed E-state index contributed by atoms with van der Waals surface area (Å²) >= 11 is 0. The molecule has 0 saturated carbocycles. The van der Waals surface area contributed by atoms with Crippen molar-refractivity contribution >= 4 is 11.4 Å². The molecule has 0 radical (unpaired) electrons. The maximum absolute atomic E-state index is 11.2. The van der Waals surface area contributed by atoms with Gasteiger partial charge in [-0.05, 0) is 18.6 Å². The van der Waals surface area contributed by atoms with Crippen molar-refractivity contribution < 1.29 is 9.66 Å². The molecular formula is C23H23N3O3. The van der Waals surface area contributed by atoms with Crippen LogP contribution >= 0.6 is 0 Å². The lowest BCUT2D eigenvalue weighted by Crippen LogP contribution is -2.39. The number of nitro groups is 1. The zero-order valence-corrected chi connectivity index (χ0v) is 16.2. The number of nitrogens with two attached hydrogens (primary N) is 1. The minimum Gasteiger partial charge on any atom is -0.349 e. The van der Waals surface area contributed by atoms with Crippen molar-refractivity contribution in [2.75, 3.05) is 11.4 Å². The van der Waals surface area contributed by atoms with Crippen molar-refractivity contribution in [3.63, 3.8) is 0 Å². The van der Waals surface area contributed by atoms with Crippen LogP contribution in [0.1, 0.15) is 34.5 Å². The molecule has 1 heterocycles. The monoisotopic (exact) mass is 389 g/mol. The van der Waals surface area contributed by atoms with E-state index in [-0.39, 0.29) is 16.7 Å². The van der Waals surface area contributed by atoms with Crippen LogP contribution in [-0.2, 0) is 11.3 Å². The van der Waals surface area contributed by atoms with E-state index in [4.69, 9.17) is 10.5 Å². The van der Waals surface area contributed by atoms with Gasteiger partial charge in [-0.3, -0.25) is 10.1 Å². The lowest BCUT2D eigenvalue weighted by molar-refractivity contribution is -0.385. The van der Waals surface area contributed by atoms with Gasteiger partial charge >= 0.3 is 0 Å². The van der Waals surface area contributed by atoms with Gasteiger partial charge in [-0.1, -0.05) is 60.2 Å². The Hall–Kier alpha value is -3.22. The number of hydrogen-bond donors (Lipinski definition) is 1. The number of fused-ring (bicyclic) bond motifs is 1. The van der Waals surface area contributed by atoms with E-state index in [2.05, 4.69) is 11.0 Å². The van der Waals surface area contributed by atoms with Gasteiger partial charge in [-0.2, -0.15) is 0 Å². The van der Waals surface area contributed by atoms with Crippen LogP contribution in [0, 0.1) is 17.0 Å². The molecule has 148 valence electrons. The van der Waals surface area contributed by atoms with Crippen LogP contribution in [0.5, 0.6) is 0 Å². The third-order valence-corrected chi connectivity index (χ3v) is 5.21. The number of ether oxygens (including phenoxy) is 1. The van der Waals surface area contributed by atoms with Gasteiger partial charge in [0.15, 0.2) is 6.23 Å². The fourth-order valence-corrected chi connectivity index (χ4v) is 3.78. The highest BCUT2D eigenvalue weighted by Crippen LogP contribution is 2.38. The molecule has 0 aliphatic carbocycles. The molecule has 0 fully saturated rings. The summed E-state index contributed by atoms with van der Waals surface area (Å²) in [7, 11) is 0. The summed E-state index contributed by atoms with van der Waals surface area (Å²) in [6.45, 7) is 3.01. The summed E-state index contributed by atoms with van der Waals surface area (Å²) < 4.78 is 6.15. The first-order chi connectivity index (χ1) is 14.0. The molecule has 2 atom stereocenters. The van der Waals surface area contributed by atoms with Crippen LogP contribution in [0.25, 0.3) is 0 Å². The van der Waals surface area contributed by atoms with E-state index >= 15 is 0 Å². The van der Waals surface area contributed by atoms with Crippen LogP contribution in [0.4, 0.5) is 11.4 Å². The number of nitrogens with zero attached hydrogens (tertiary/aromatic N) is 2. The molecule has 0 aromatic heterocycles. The minimum absolute atomic E-state index is 0.0490. The predicted octanol–water partition coefficient (Wildman–Crippen LogP) is 4.64. The number of benzene rings is 3. The smallest absolute Gasteiger partial charge is 0.269 e. The van der Waals surface area contributed by atoms with Gasteiger partial charge in [0.25, 0.3) is 5.69 Å². The first-order valence-corrected chi connectivity index (χ1v) is 9.55. The van der Waals surface area contributed by atoms with Crippen molar-refractivity contribution in [1.29, 1.82) is 0 Å². The summed E-state index contributed by atoms with van der Waals surface area (Å²) in [6.07, 6.45) is -0.444. The Kier molecular flexibility index (Phi) is 5.29. The molecule has 3 aromatic rings. The lowest BCUT2D eigenvalue weighted by Gasteiger charge is -2.40. The number of rotatable bonds is 5. The number of para-hydroxylation sites is 1. The molecule has 2 unspecified atom stereocenters. The van der Waals surface area contributed by atoms with Gasteiger partial charge in [0.05, 0.1) is 11.5 Å². The van der Waals surface area contributed by atoms with Gasteiger partial charge < -0.3 is 15.4 Å². The average molecular weight is 389 g/mol. The van der Waals surface area contributed by atoms with Crippen LogP contribution in [-0.4, -0.2) is 11.5 Å². The van der Waals surface area contributed by atoms with Crippen molar-refractivity contribution in [2.24, 2.45) is 5.73 Å². The molecule has 3 aromatic carbocycles. The summed E-state index contributed by atoms with van der Waals surface area (Å²) in [5, 5.41) is 11.2. The Balaban J connectivity index is 1.71. The van der Waals surface area contributed by atoms with Crippen molar-refractivity contribution in [1.82, 2.24) is 0 Å². The lowest BCUT2D eigenvalue weighted by atomic mass is 10.0. The standard InChI is InChI=1S/C23H23N3O3/c1-16-6-4-8-17(12-16)21(24)14-25-22-11-3-2-7-19(22)15-29-23(25)18-9-5-10-20(13-18)26(27)28/h2-13,21,23H,14-15,24H2,1H3. The Morgan fingerprint density at radius 2 is 1.93 bits per heavy atom. The Bertz CT molecular complexity index is 1040. The molecule has 0 saturated heterocycles. The second kappa shape index (κ2) is 8.03. The van der Waals surface area contributed by atoms with E-state index in [1.807, 2.05) is 55.5 Å². The fraction of sp³-hybridized carbons (Fsp3) is 0.217. The molecule has 0 amide bonds. The normalized spacial score (nSPS) is 16.9. The SMILES string of the molecule is Cc1cccc(C(N)CN2c3ccccc3COC2c2cccc([N+](=O)[O-])c2)c1. The number of hydrogen-bond acceptors (Lipinski definition) is 5. The molecule has 2 N–H and O–H groups in total. The number of non-ortho nitro benzene ring substituents is 1. The van der Waals surface area contributed by atoms with Crippen molar-refractivity contribution in [2.45, 2.75) is 25.8 Å². The maximum Gasteiger partial charge on any atom is 0.269 e. The predicted molar refractivity (Wildman–Crippen MR) is 113 cm³/mol. The van der Waals surface area contributed by atoms with Crippen LogP contribution in [0.3, 0.4) is 0 Å². The van der Waals surface area contributed by atoms with E-state index in [1.165, 1.54) is 6.07 Å². The van der Waals surface area contributed by atoms with Gasteiger partial charge in [0.1, 0.15) is 0 Å². The minimum atomic E-state index is -0.444. The second-order valence-corrected chi connectivity index (χ2v) is 7.32. The van der Waals surface area contributed by atoms with Gasteiger partial charge in [-0.25, -0.2) is 0 Å². The summed E-state index contributed by atoms with van der Waals surface area (Å²) in [5.74, 6) is 0. The van der Waals surface area contributed by atoms with E-state index in [9.17, 15) is 10.1 Å². The molecule has 0 spiro atoms. The summed E-state index contributed by atoms with van der Waals surface area (Å²) in [5.41, 5.74) is 11.7. The average Bonchev–Trinajstić information content (AvgIpc) is 2.74. The van der Waals surface area contributed by atoms with E-state index in [0.717, 1.165) is 27.9 Å². The molecule has 4 rings (SSSR count). The van der Waals surface area contributed by atoms with Gasteiger partial charge in [-0.15, -0.1) is 0 Å². The second-order valence-electron chi connectivity index (χ2n) is 7.32. The first kappa shape index (κ1) is 19.1. The molecule has 1 aliphatic heterocycles. The third kappa shape index (κ3) is 3.99. The highest BCUT2D eigenvalue weighted by Gasteiger charge is 2.30. The van der Waals surface area contributed by atoms with E-state index in [1.54, 1.807) is 12.1 Å². The highest BCUT2D eigenvalue weighted by atomic mass is 16.6. The zero-order chi connectivity index (χ0) is 20.4. The molecular weight excluding hydrogens is 366 g/mol.